The van der Waals surface area contributed by atoms with Gasteiger partial charge in [0.2, 0.25) is 0 Å². The fourth-order valence-electron chi connectivity index (χ4n) is 2.49. The van der Waals surface area contributed by atoms with E-state index in [1.807, 2.05) is 30.3 Å². The highest BCUT2D eigenvalue weighted by Gasteiger charge is 2.52. The average molecular weight is 261 g/mol. The predicted octanol–water partition coefficient (Wildman–Crippen LogP) is 1.71. The first-order chi connectivity index (χ1) is 9.17. The topological polar surface area (TPSA) is 55.8 Å². The molecule has 1 aromatic carbocycles. The molecule has 0 radical (unpaired) electrons. The Morgan fingerprint density at radius 1 is 1.32 bits per heavy atom. The number of carbonyl (C=O) groups excluding carboxylic acids is 2. The minimum Gasteiger partial charge on any atom is -0.455 e. The third kappa shape index (κ3) is 2.41. The Hall–Kier alpha value is -2.04. The molecule has 2 fully saturated rings. The molecule has 3 rings (SSSR count). The molecule has 0 atom stereocenters. The van der Waals surface area contributed by atoms with Crippen LogP contribution in [0.15, 0.2) is 30.3 Å². The molecular weight excluding hydrogens is 246 g/mol. The van der Waals surface area contributed by atoms with Crippen LogP contribution in [0, 0.1) is 0 Å². The lowest BCUT2D eigenvalue weighted by atomic mass is 9.91. The summed E-state index contributed by atoms with van der Waals surface area (Å²) >= 11 is 0. The summed E-state index contributed by atoms with van der Waals surface area (Å²) in [4.78, 5) is 24.4. The van der Waals surface area contributed by atoms with E-state index in [0.29, 0.717) is 25.9 Å². The van der Waals surface area contributed by atoms with Gasteiger partial charge in [0.1, 0.15) is 12.2 Å². The molecule has 2 saturated heterocycles. The molecule has 1 spiro atoms. The van der Waals surface area contributed by atoms with E-state index < -0.39 is 5.60 Å². The Balaban J connectivity index is 1.47. The number of hydrogen-bond donors (Lipinski definition) is 0. The van der Waals surface area contributed by atoms with Gasteiger partial charge >= 0.3 is 12.1 Å². The first kappa shape index (κ1) is 12.0. The molecule has 5 heteroatoms. The van der Waals surface area contributed by atoms with E-state index in [4.69, 9.17) is 9.47 Å². The highest BCUT2D eigenvalue weighted by Crippen LogP contribution is 2.35. The molecule has 2 heterocycles. The van der Waals surface area contributed by atoms with Crippen molar-refractivity contribution in [1.29, 1.82) is 0 Å². The van der Waals surface area contributed by atoms with Crippen LogP contribution in [0.3, 0.4) is 0 Å². The molecular formula is C14H15NO4. The zero-order valence-corrected chi connectivity index (χ0v) is 10.5. The average Bonchev–Trinajstić information content (AvgIpc) is 2.78. The van der Waals surface area contributed by atoms with E-state index in [2.05, 4.69) is 0 Å². The molecule has 1 amide bonds. The molecule has 0 aliphatic carbocycles. The Morgan fingerprint density at radius 2 is 2.05 bits per heavy atom. The third-order valence-corrected chi connectivity index (χ3v) is 3.54. The lowest BCUT2D eigenvalue weighted by molar-refractivity contribution is -0.161. The van der Waals surface area contributed by atoms with Crippen LogP contribution in [0.4, 0.5) is 4.79 Å². The number of likely N-dealkylation sites (tertiary alicyclic amines) is 1. The minimum absolute atomic E-state index is 0.169. The minimum atomic E-state index is -0.428. The van der Waals surface area contributed by atoms with E-state index in [0.717, 1.165) is 5.56 Å². The SMILES string of the molecule is O=C1CCC2(CN(C(=O)OCc3ccccc3)C2)O1. The lowest BCUT2D eigenvalue weighted by Gasteiger charge is -2.45. The molecule has 19 heavy (non-hydrogen) atoms. The third-order valence-electron chi connectivity index (χ3n) is 3.54. The number of nitrogens with zero attached hydrogens (tertiary/aromatic N) is 1. The quantitative estimate of drug-likeness (QED) is 0.760. The Morgan fingerprint density at radius 3 is 2.68 bits per heavy atom. The van der Waals surface area contributed by atoms with Gasteiger partial charge in [-0.1, -0.05) is 30.3 Å². The monoisotopic (exact) mass is 261 g/mol. The van der Waals surface area contributed by atoms with Crippen LogP contribution >= 0.6 is 0 Å². The standard InChI is InChI=1S/C14H15NO4/c16-12-6-7-14(19-12)9-15(10-14)13(17)18-8-11-4-2-1-3-5-11/h1-5H,6-10H2. The van der Waals surface area contributed by atoms with Crippen LogP contribution in [0.5, 0.6) is 0 Å². The molecule has 2 aliphatic heterocycles. The molecule has 0 bridgehead atoms. The predicted molar refractivity (Wildman–Crippen MR) is 66.3 cm³/mol. The lowest BCUT2D eigenvalue weighted by Crippen LogP contribution is -2.63. The van der Waals surface area contributed by atoms with Crippen molar-refractivity contribution in [3.8, 4) is 0 Å². The normalized spacial score (nSPS) is 20.0. The number of amides is 1. The number of hydrogen-bond acceptors (Lipinski definition) is 4. The maximum atomic E-state index is 11.8. The van der Waals surface area contributed by atoms with Gasteiger partial charge in [-0.25, -0.2) is 4.79 Å². The Bertz CT molecular complexity index is 493. The smallest absolute Gasteiger partial charge is 0.410 e. The van der Waals surface area contributed by atoms with E-state index in [-0.39, 0.29) is 18.7 Å². The van der Waals surface area contributed by atoms with Crippen molar-refractivity contribution in [3.63, 3.8) is 0 Å². The molecule has 0 saturated carbocycles. The van der Waals surface area contributed by atoms with Crippen LogP contribution in [0.25, 0.3) is 0 Å². The molecule has 1 aromatic rings. The van der Waals surface area contributed by atoms with Gasteiger partial charge in [0.25, 0.3) is 0 Å². The molecule has 100 valence electrons. The van der Waals surface area contributed by atoms with Crippen molar-refractivity contribution in [3.05, 3.63) is 35.9 Å². The van der Waals surface area contributed by atoms with Crippen molar-refractivity contribution in [2.75, 3.05) is 13.1 Å². The molecule has 0 unspecified atom stereocenters. The zero-order chi connectivity index (χ0) is 13.3. The van der Waals surface area contributed by atoms with Gasteiger partial charge in [-0.3, -0.25) is 4.79 Å². The summed E-state index contributed by atoms with van der Waals surface area (Å²) in [6, 6.07) is 9.53. The zero-order valence-electron chi connectivity index (χ0n) is 10.5. The van der Waals surface area contributed by atoms with Gasteiger partial charge < -0.3 is 14.4 Å². The maximum Gasteiger partial charge on any atom is 0.410 e. The van der Waals surface area contributed by atoms with Crippen molar-refractivity contribution >= 4 is 12.1 Å². The highest BCUT2D eigenvalue weighted by molar-refractivity contribution is 5.74. The van der Waals surface area contributed by atoms with Gasteiger partial charge in [-0.05, 0) is 5.56 Å². The van der Waals surface area contributed by atoms with Crippen molar-refractivity contribution in [1.82, 2.24) is 4.90 Å². The van der Waals surface area contributed by atoms with Gasteiger partial charge in [0.15, 0.2) is 0 Å². The van der Waals surface area contributed by atoms with Gasteiger partial charge in [-0.15, -0.1) is 0 Å². The van der Waals surface area contributed by atoms with Crippen LogP contribution < -0.4 is 0 Å². The summed E-state index contributed by atoms with van der Waals surface area (Å²) in [5, 5.41) is 0. The number of esters is 1. The number of rotatable bonds is 2. The summed E-state index contributed by atoms with van der Waals surface area (Å²) < 4.78 is 10.4. The second-order valence-electron chi connectivity index (χ2n) is 5.05. The van der Waals surface area contributed by atoms with Crippen molar-refractivity contribution in [2.45, 2.75) is 25.0 Å². The molecule has 5 nitrogen and oxygen atoms in total. The first-order valence-corrected chi connectivity index (χ1v) is 6.34. The number of benzene rings is 1. The molecule has 0 N–H and O–H groups in total. The van der Waals surface area contributed by atoms with Gasteiger partial charge in [0, 0.05) is 12.8 Å². The Labute approximate surface area is 111 Å². The van der Waals surface area contributed by atoms with E-state index in [1.165, 1.54) is 0 Å². The van der Waals surface area contributed by atoms with Crippen LogP contribution in [0.2, 0.25) is 0 Å². The summed E-state index contributed by atoms with van der Waals surface area (Å²) in [6.07, 6.45) is 0.804. The van der Waals surface area contributed by atoms with E-state index in [1.54, 1.807) is 4.90 Å². The molecule has 0 aromatic heterocycles. The van der Waals surface area contributed by atoms with Gasteiger partial charge in [-0.2, -0.15) is 0 Å². The first-order valence-electron chi connectivity index (χ1n) is 6.34. The number of carbonyl (C=O) groups is 2. The fraction of sp³-hybridized carbons (Fsp3) is 0.429. The van der Waals surface area contributed by atoms with E-state index >= 15 is 0 Å². The fourth-order valence-corrected chi connectivity index (χ4v) is 2.49. The van der Waals surface area contributed by atoms with Crippen LogP contribution in [-0.4, -0.2) is 35.7 Å². The second-order valence-corrected chi connectivity index (χ2v) is 5.05. The maximum absolute atomic E-state index is 11.8. The van der Waals surface area contributed by atoms with Crippen molar-refractivity contribution in [2.24, 2.45) is 0 Å². The largest absolute Gasteiger partial charge is 0.455 e. The molecule has 2 aliphatic rings. The summed E-state index contributed by atoms with van der Waals surface area (Å²) in [7, 11) is 0. The summed E-state index contributed by atoms with van der Waals surface area (Å²) in [6.45, 7) is 1.17. The summed E-state index contributed by atoms with van der Waals surface area (Å²) in [5.41, 5.74) is 0.529. The van der Waals surface area contributed by atoms with Crippen LogP contribution in [-0.2, 0) is 20.9 Å². The Kier molecular flexibility index (Phi) is 2.89. The van der Waals surface area contributed by atoms with Gasteiger partial charge in [0.05, 0.1) is 13.1 Å². The highest BCUT2D eigenvalue weighted by atomic mass is 16.6. The second kappa shape index (κ2) is 4.57. The van der Waals surface area contributed by atoms with E-state index in [9.17, 15) is 9.59 Å². The van der Waals surface area contributed by atoms with Crippen molar-refractivity contribution < 1.29 is 19.1 Å². The summed E-state index contributed by atoms with van der Waals surface area (Å²) in [5.74, 6) is -0.169. The number of ether oxygens (including phenoxy) is 2. The van der Waals surface area contributed by atoms with Crippen LogP contribution in [0.1, 0.15) is 18.4 Å².